The number of hydrogen-bond donors (Lipinski definition) is 1. The number of aliphatic carboxylic acids is 1. The standard InChI is InChI=1S/C10H12O3S/c11-10(12)2-1-7-13-8-3-5-9(14)6-4-8/h3-5H,1-2,6-7H2,(H,11,12). The largest absolute Gasteiger partial charge is 0.494 e. The van der Waals surface area contributed by atoms with Gasteiger partial charge in [-0.25, -0.2) is 0 Å². The summed E-state index contributed by atoms with van der Waals surface area (Å²) in [6.07, 6.45) is 6.97. The van der Waals surface area contributed by atoms with Gasteiger partial charge in [-0.1, -0.05) is 12.2 Å². The van der Waals surface area contributed by atoms with Gasteiger partial charge in [-0.15, -0.1) is 0 Å². The molecule has 0 amide bonds. The van der Waals surface area contributed by atoms with E-state index in [0.717, 1.165) is 17.0 Å². The minimum Gasteiger partial charge on any atom is -0.494 e. The van der Waals surface area contributed by atoms with Gasteiger partial charge in [-0.2, -0.15) is 0 Å². The first kappa shape index (κ1) is 10.9. The maximum absolute atomic E-state index is 10.2. The summed E-state index contributed by atoms with van der Waals surface area (Å²) in [6, 6.07) is 0. The van der Waals surface area contributed by atoms with Gasteiger partial charge >= 0.3 is 5.97 Å². The number of ether oxygens (including phenoxy) is 1. The molecule has 0 saturated heterocycles. The van der Waals surface area contributed by atoms with Crippen LogP contribution in [0.3, 0.4) is 0 Å². The van der Waals surface area contributed by atoms with Gasteiger partial charge in [-0.3, -0.25) is 4.79 Å². The Hall–Kier alpha value is -1.16. The predicted molar refractivity (Wildman–Crippen MR) is 57.3 cm³/mol. The predicted octanol–water partition coefficient (Wildman–Crippen LogP) is 2.08. The monoisotopic (exact) mass is 212 g/mol. The first-order valence-corrected chi connectivity index (χ1v) is 4.85. The number of hydrogen-bond acceptors (Lipinski definition) is 3. The molecule has 3 nitrogen and oxygen atoms in total. The second kappa shape index (κ2) is 5.54. The number of carbonyl (C=O) groups is 1. The fourth-order valence-electron chi connectivity index (χ4n) is 1.03. The summed E-state index contributed by atoms with van der Waals surface area (Å²) in [7, 11) is 0. The van der Waals surface area contributed by atoms with Crippen molar-refractivity contribution >= 4 is 23.1 Å². The van der Waals surface area contributed by atoms with Crippen molar-refractivity contribution in [1.82, 2.24) is 0 Å². The van der Waals surface area contributed by atoms with E-state index in [2.05, 4.69) is 0 Å². The Morgan fingerprint density at radius 2 is 2.36 bits per heavy atom. The number of thiocarbonyl (C=S) groups is 1. The highest BCUT2D eigenvalue weighted by Gasteiger charge is 2.02. The lowest BCUT2D eigenvalue weighted by Crippen LogP contribution is -2.02. The van der Waals surface area contributed by atoms with E-state index >= 15 is 0 Å². The molecule has 76 valence electrons. The van der Waals surface area contributed by atoms with Crippen LogP contribution in [0.2, 0.25) is 0 Å². The van der Waals surface area contributed by atoms with E-state index in [1.807, 2.05) is 18.2 Å². The molecule has 0 aromatic heterocycles. The smallest absolute Gasteiger partial charge is 0.303 e. The van der Waals surface area contributed by atoms with Gasteiger partial charge in [0.25, 0.3) is 0 Å². The van der Waals surface area contributed by atoms with Crippen LogP contribution in [0, 0.1) is 0 Å². The highest BCUT2D eigenvalue weighted by molar-refractivity contribution is 7.80. The second-order valence-corrected chi connectivity index (χ2v) is 3.48. The van der Waals surface area contributed by atoms with E-state index in [4.69, 9.17) is 22.1 Å². The number of carboxylic acid groups (broad SMARTS) is 1. The molecule has 0 bridgehead atoms. The molecule has 1 aliphatic rings. The summed E-state index contributed by atoms with van der Waals surface area (Å²) in [5.74, 6) is -0.00747. The zero-order valence-electron chi connectivity index (χ0n) is 7.73. The van der Waals surface area contributed by atoms with Crippen molar-refractivity contribution in [2.45, 2.75) is 19.3 Å². The van der Waals surface area contributed by atoms with Crippen LogP contribution in [0.5, 0.6) is 0 Å². The van der Waals surface area contributed by atoms with Crippen LogP contribution in [0.25, 0.3) is 0 Å². The van der Waals surface area contributed by atoms with E-state index < -0.39 is 5.97 Å². The molecule has 0 radical (unpaired) electrons. The Bertz CT molecular complexity index is 292. The summed E-state index contributed by atoms with van der Waals surface area (Å²) in [5.41, 5.74) is 0. The van der Waals surface area contributed by atoms with Crippen molar-refractivity contribution in [2.75, 3.05) is 6.61 Å². The van der Waals surface area contributed by atoms with Crippen molar-refractivity contribution in [3.8, 4) is 0 Å². The fraction of sp³-hybridized carbons (Fsp3) is 0.400. The minimum absolute atomic E-state index is 0.148. The Kier molecular flexibility index (Phi) is 4.32. The summed E-state index contributed by atoms with van der Waals surface area (Å²) in [6.45, 7) is 0.440. The third kappa shape index (κ3) is 4.18. The molecule has 0 aliphatic heterocycles. The van der Waals surface area contributed by atoms with Crippen molar-refractivity contribution in [2.24, 2.45) is 0 Å². The van der Waals surface area contributed by atoms with Crippen molar-refractivity contribution in [3.05, 3.63) is 24.0 Å². The van der Waals surface area contributed by atoms with E-state index in [1.54, 1.807) is 0 Å². The summed E-state index contributed by atoms with van der Waals surface area (Å²) >= 11 is 4.96. The van der Waals surface area contributed by atoms with Gasteiger partial charge in [0.2, 0.25) is 0 Å². The summed E-state index contributed by atoms with van der Waals surface area (Å²) in [5, 5.41) is 8.38. The lowest BCUT2D eigenvalue weighted by Gasteiger charge is -2.09. The van der Waals surface area contributed by atoms with E-state index in [0.29, 0.717) is 13.0 Å². The van der Waals surface area contributed by atoms with Gasteiger partial charge in [0, 0.05) is 17.7 Å². The zero-order valence-corrected chi connectivity index (χ0v) is 8.55. The van der Waals surface area contributed by atoms with E-state index in [9.17, 15) is 4.79 Å². The number of rotatable bonds is 5. The Balaban J connectivity index is 2.17. The van der Waals surface area contributed by atoms with Gasteiger partial charge < -0.3 is 9.84 Å². The van der Waals surface area contributed by atoms with Gasteiger partial charge in [-0.05, 0) is 24.6 Å². The molecule has 1 N–H and O–H groups in total. The topological polar surface area (TPSA) is 46.5 Å². The number of allylic oxidation sites excluding steroid dienone is 3. The van der Waals surface area contributed by atoms with Crippen LogP contribution in [0.4, 0.5) is 0 Å². The van der Waals surface area contributed by atoms with Crippen LogP contribution in [0.1, 0.15) is 19.3 Å². The average Bonchev–Trinajstić information content (AvgIpc) is 2.15. The molecule has 1 aliphatic carbocycles. The molecule has 1 rings (SSSR count). The third-order valence-corrected chi connectivity index (χ3v) is 2.04. The Labute approximate surface area is 88.1 Å². The SMILES string of the molecule is O=C(O)CCCOC1=CCC(=S)C=C1. The fourth-order valence-corrected chi connectivity index (χ4v) is 1.18. The molecule has 0 aromatic rings. The summed E-state index contributed by atoms with van der Waals surface area (Å²) in [4.78, 5) is 11.1. The molecule has 4 heteroatoms. The van der Waals surface area contributed by atoms with Gasteiger partial charge in [0.15, 0.2) is 0 Å². The Morgan fingerprint density at radius 3 is 2.93 bits per heavy atom. The van der Waals surface area contributed by atoms with Crippen molar-refractivity contribution in [3.63, 3.8) is 0 Å². The molecule has 14 heavy (non-hydrogen) atoms. The van der Waals surface area contributed by atoms with Crippen molar-refractivity contribution < 1.29 is 14.6 Å². The first-order valence-electron chi connectivity index (χ1n) is 4.44. The Morgan fingerprint density at radius 1 is 1.57 bits per heavy atom. The van der Waals surface area contributed by atoms with Crippen LogP contribution < -0.4 is 0 Å². The second-order valence-electron chi connectivity index (χ2n) is 2.96. The average molecular weight is 212 g/mol. The van der Waals surface area contributed by atoms with Crippen LogP contribution in [0.15, 0.2) is 24.0 Å². The first-order chi connectivity index (χ1) is 6.68. The number of carboxylic acids is 1. The lowest BCUT2D eigenvalue weighted by atomic mass is 10.2. The van der Waals surface area contributed by atoms with E-state index in [1.165, 1.54) is 0 Å². The van der Waals surface area contributed by atoms with Crippen molar-refractivity contribution in [1.29, 1.82) is 0 Å². The quantitative estimate of drug-likeness (QED) is 0.560. The molecule has 0 unspecified atom stereocenters. The minimum atomic E-state index is -0.789. The normalized spacial score (nSPS) is 15.1. The van der Waals surface area contributed by atoms with Gasteiger partial charge in [0.05, 0.1) is 6.61 Å². The molecular formula is C10H12O3S. The van der Waals surface area contributed by atoms with Crippen LogP contribution in [-0.4, -0.2) is 22.5 Å². The molecule has 0 aromatic carbocycles. The zero-order chi connectivity index (χ0) is 10.4. The van der Waals surface area contributed by atoms with E-state index in [-0.39, 0.29) is 6.42 Å². The molecule has 0 heterocycles. The van der Waals surface area contributed by atoms with Gasteiger partial charge in [0.1, 0.15) is 5.76 Å². The molecular weight excluding hydrogens is 200 g/mol. The van der Waals surface area contributed by atoms with Crippen LogP contribution in [-0.2, 0) is 9.53 Å². The summed E-state index contributed by atoms with van der Waals surface area (Å²) < 4.78 is 5.33. The molecule has 0 fully saturated rings. The highest BCUT2D eigenvalue weighted by Crippen LogP contribution is 2.10. The molecule has 0 atom stereocenters. The lowest BCUT2D eigenvalue weighted by molar-refractivity contribution is -0.137. The molecule has 0 saturated carbocycles. The third-order valence-electron chi connectivity index (χ3n) is 1.74. The highest BCUT2D eigenvalue weighted by atomic mass is 32.1. The maximum atomic E-state index is 10.2. The maximum Gasteiger partial charge on any atom is 0.303 e. The van der Waals surface area contributed by atoms with Crippen LogP contribution >= 0.6 is 12.2 Å². The molecule has 0 spiro atoms.